The number of benzene rings is 1. The number of nitrogens with one attached hydrogen (secondary N) is 1. The monoisotopic (exact) mass is 399 g/mol. The van der Waals surface area contributed by atoms with Crippen LogP contribution in [0.5, 0.6) is 0 Å². The molecule has 1 N–H and O–H groups in total. The van der Waals surface area contributed by atoms with Crippen LogP contribution in [0.2, 0.25) is 5.02 Å². The summed E-state index contributed by atoms with van der Waals surface area (Å²) < 4.78 is 7.97. The third-order valence-corrected chi connectivity index (χ3v) is 4.32. The van der Waals surface area contributed by atoms with Gasteiger partial charge in [0.25, 0.3) is 17.3 Å². The van der Waals surface area contributed by atoms with Gasteiger partial charge in [0, 0.05) is 17.8 Å². The van der Waals surface area contributed by atoms with E-state index in [0.29, 0.717) is 27.4 Å². The second kappa shape index (κ2) is 6.89. The van der Waals surface area contributed by atoms with E-state index in [-0.39, 0.29) is 23.8 Å². The Morgan fingerprint density at radius 1 is 1.29 bits per heavy atom. The number of rotatable bonds is 4. The van der Waals surface area contributed by atoms with Gasteiger partial charge in [-0.25, -0.2) is 9.67 Å². The molecule has 10 nitrogen and oxygen atoms in total. The average Bonchev–Trinajstić information content (AvgIpc) is 3.24. The molecule has 0 saturated heterocycles. The molecule has 0 spiro atoms. The molecule has 1 amide bonds. The normalized spacial score (nSPS) is 11.1. The Bertz CT molecular complexity index is 1240. The van der Waals surface area contributed by atoms with Crippen LogP contribution < -0.4 is 10.9 Å². The molecule has 0 bridgehead atoms. The van der Waals surface area contributed by atoms with Crippen LogP contribution in [0, 0.1) is 6.92 Å². The zero-order chi connectivity index (χ0) is 19.8. The van der Waals surface area contributed by atoms with Gasteiger partial charge < -0.3 is 9.84 Å². The van der Waals surface area contributed by atoms with Crippen molar-refractivity contribution in [1.82, 2.24) is 29.5 Å². The summed E-state index contributed by atoms with van der Waals surface area (Å²) in [5.41, 5.74) is 1.34. The molecule has 0 aliphatic rings. The van der Waals surface area contributed by atoms with Gasteiger partial charge in [-0.05, 0) is 31.2 Å². The summed E-state index contributed by atoms with van der Waals surface area (Å²) in [4.78, 5) is 33.2. The van der Waals surface area contributed by atoms with Crippen LogP contribution in [-0.4, -0.2) is 35.4 Å². The van der Waals surface area contributed by atoms with Crippen LogP contribution in [0.15, 0.2) is 39.9 Å². The topological polar surface area (TPSA) is 121 Å². The number of fused-ring (bicyclic) bond motifs is 1. The number of hydrogen-bond acceptors (Lipinski definition) is 7. The van der Waals surface area contributed by atoms with E-state index in [1.807, 2.05) is 0 Å². The smallest absolute Gasteiger partial charge is 0.297 e. The fraction of sp³-hybridized carbons (Fsp3) is 0.176. The number of anilines is 1. The van der Waals surface area contributed by atoms with Gasteiger partial charge in [0.2, 0.25) is 5.89 Å². The Hall–Kier alpha value is -3.53. The lowest BCUT2D eigenvalue weighted by Gasteiger charge is -2.02. The first-order valence-corrected chi connectivity index (χ1v) is 8.58. The van der Waals surface area contributed by atoms with Crippen LogP contribution in [0.4, 0.5) is 5.69 Å². The van der Waals surface area contributed by atoms with Gasteiger partial charge >= 0.3 is 0 Å². The molecule has 0 saturated carbocycles. The quantitative estimate of drug-likeness (QED) is 0.555. The lowest BCUT2D eigenvalue weighted by atomic mass is 10.3. The van der Waals surface area contributed by atoms with Crippen molar-refractivity contribution >= 4 is 34.2 Å². The minimum absolute atomic E-state index is 0.0165. The molecule has 28 heavy (non-hydrogen) atoms. The Labute approximate surface area is 162 Å². The molecule has 0 radical (unpaired) electrons. The van der Waals surface area contributed by atoms with Crippen LogP contribution in [0.1, 0.15) is 22.2 Å². The highest BCUT2D eigenvalue weighted by atomic mass is 35.5. The fourth-order valence-electron chi connectivity index (χ4n) is 2.75. The molecule has 0 atom stereocenters. The number of carbonyl (C=O) groups is 1. The minimum atomic E-state index is -0.540. The molecular weight excluding hydrogens is 386 g/mol. The SMILES string of the molecule is Cc1nn(C)c2ncn(Cc3nc(C(=O)Nc4ccc(Cl)cc4)no3)c(=O)c12. The fourth-order valence-corrected chi connectivity index (χ4v) is 2.88. The summed E-state index contributed by atoms with van der Waals surface area (Å²) in [6.07, 6.45) is 1.38. The molecule has 142 valence electrons. The molecule has 0 aliphatic carbocycles. The van der Waals surface area contributed by atoms with Gasteiger partial charge in [0.15, 0.2) is 5.65 Å². The first-order chi connectivity index (χ1) is 13.4. The van der Waals surface area contributed by atoms with Crippen molar-refractivity contribution in [3.8, 4) is 0 Å². The van der Waals surface area contributed by atoms with E-state index < -0.39 is 5.91 Å². The Kier molecular flexibility index (Phi) is 4.40. The van der Waals surface area contributed by atoms with Crippen LogP contribution in [0.3, 0.4) is 0 Å². The molecule has 0 fully saturated rings. The number of nitrogens with zero attached hydrogens (tertiary/aromatic N) is 6. The molecule has 11 heteroatoms. The first kappa shape index (κ1) is 17.9. The van der Waals surface area contributed by atoms with Crippen LogP contribution >= 0.6 is 11.6 Å². The third kappa shape index (κ3) is 3.25. The van der Waals surface area contributed by atoms with Crippen molar-refractivity contribution in [2.24, 2.45) is 7.05 Å². The van der Waals surface area contributed by atoms with Crippen LogP contribution in [0.25, 0.3) is 11.0 Å². The van der Waals surface area contributed by atoms with E-state index in [1.165, 1.54) is 10.9 Å². The molecule has 0 unspecified atom stereocenters. The summed E-state index contributed by atoms with van der Waals surface area (Å²) in [6.45, 7) is 1.72. The summed E-state index contributed by atoms with van der Waals surface area (Å²) in [5, 5.41) is 11.5. The van der Waals surface area contributed by atoms with E-state index >= 15 is 0 Å². The lowest BCUT2D eigenvalue weighted by molar-refractivity contribution is 0.101. The van der Waals surface area contributed by atoms with Crippen molar-refractivity contribution in [3.63, 3.8) is 0 Å². The van der Waals surface area contributed by atoms with Gasteiger partial charge in [-0.15, -0.1) is 0 Å². The molecule has 0 aliphatic heterocycles. The largest absolute Gasteiger partial charge is 0.337 e. The summed E-state index contributed by atoms with van der Waals surface area (Å²) in [5.74, 6) is -0.586. The van der Waals surface area contributed by atoms with Crippen molar-refractivity contribution in [1.29, 1.82) is 0 Å². The molecule has 3 aromatic heterocycles. The zero-order valence-corrected chi connectivity index (χ0v) is 15.6. The first-order valence-electron chi connectivity index (χ1n) is 8.20. The lowest BCUT2D eigenvalue weighted by Crippen LogP contribution is -2.21. The highest BCUT2D eigenvalue weighted by Crippen LogP contribution is 2.14. The average molecular weight is 400 g/mol. The molecule has 4 aromatic rings. The zero-order valence-electron chi connectivity index (χ0n) is 14.9. The van der Waals surface area contributed by atoms with E-state index in [2.05, 4.69) is 25.5 Å². The molecule has 3 heterocycles. The molecular formula is C17H14ClN7O3. The van der Waals surface area contributed by atoms with E-state index in [0.717, 1.165) is 0 Å². The van der Waals surface area contributed by atoms with Gasteiger partial charge in [0.05, 0.1) is 5.69 Å². The predicted molar refractivity (Wildman–Crippen MR) is 100 cm³/mol. The Morgan fingerprint density at radius 3 is 2.79 bits per heavy atom. The third-order valence-electron chi connectivity index (χ3n) is 4.06. The minimum Gasteiger partial charge on any atom is -0.337 e. The maximum Gasteiger partial charge on any atom is 0.297 e. The predicted octanol–water partition coefficient (Wildman–Crippen LogP) is 1.78. The van der Waals surface area contributed by atoms with Crippen molar-refractivity contribution in [2.75, 3.05) is 5.32 Å². The number of aromatic nitrogens is 6. The number of carbonyl (C=O) groups excluding carboxylic acids is 1. The highest BCUT2D eigenvalue weighted by molar-refractivity contribution is 6.30. The van der Waals surface area contributed by atoms with Crippen molar-refractivity contribution < 1.29 is 9.32 Å². The maximum atomic E-state index is 12.7. The summed E-state index contributed by atoms with van der Waals surface area (Å²) >= 11 is 5.82. The van der Waals surface area contributed by atoms with Crippen molar-refractivity contribution in [2.45, 2.75) is 13.5 Å². The maximum absolute atomic E-state index is 12.7. The van der Waals surface area contributed by atoms with E-state index in [4.69, 9.17) is 16.1 Å². The van der Waals surface area contributed by atoms with Gasteiger partial charge in [-0.3, -0.25) is 14.2 Å². The number of halogens is 1. The van der Waals surface area contributed by atoms with E-state index in [9.17, 15) is 9.59 Å². The second-order valence-electron chi connectivity index (χ2n) is 6.06. The Morgan fingerprint density at radius 2 is 2.04 bits per heavy atom. The molecule has 1 aromatic carbocycles. The number of aryl methyl sites for hydroxylation is 2. The Balaban J connectivity index is 1.55. The van der Waals surface area contributed by atoms with Crippen LogP contribution in [-0.2, 0) is 13.6 Å². The summed E-state index contributed by atoms with van der Waals surface area (Å²) in [6, 6.07) is 6.60. The highest BCUT2D eigenvalue weighted by Gasteiger charge is 2.17. The van der Waals surface area contributed by atoms with Gasteiger partial charge in [0.1, 0.15) is 18.3 Å². The second-order valence-corrected chi connectivity index (χ2v) is 6.49. The van der Waals surface area contributed by atoms with Gasteiger partial charge in [-0.2, -0.15) is 10.1 Å². The molecule has 4 rings (SSSR count). The summed E-state index contributed by atoms with van der Waals surface area (Å²) in [7, 11) is 1.72. The number of amides is 1. The van der Waals surface area contributed by atoms with E-state index in [1.54, 1.807) is 42.9 Å². The van der Waals surface area contributed by atoms with Crippen molar-refractivity contribution in [3.05, 3.63) is 63.4 Å². The van der Waals surface area contributed by atoms with Gasteiger partial charge in [-0.1, -0.05) is 16.8 Å². The number of hydrogen-bond donors (Lipinski definition) is 1. The standard InChI is InChI=1S/C17H14ClN7O3/c1-9-13-15(24(2)22-9)19-8-25(17(13)27)7-12-21-14(23-28-12)16(26)20-11-5-3-10(18)4-6-11/h3-6,8H,7H2,1-2H3,(H,20,26).